The van der Waals surface area contributed by atoms with Crippen LogP contribution in [0.15, 0.2) is 60.7 Å². The third-order valence-corrected chi connectivity index (χ3v) is 5.41. The van der Waals surface area contributed by atoms with Crippen molar-refractivity contribution in [3.63, 3.8) is 0 Å². The van der Waals surface area contributed by atoms with Gasteiger partial charge in [0.15, 0.2) is 5.78 Å². The molecule has 3 heteroatoms. The summed E-state index contributed by atoms with van der Waals surface area (Å²) in [4.78, 5) is 18.0. The second-order valence-corrected chi connectivity index (χ2v) is 7.12. The molecular formula is C22H28N2O. The Bertz CT molecular complexity index is 649. The summed E-state index contributed by atoms with van der Waals surface area (Å²) in [7, 11) is 0. The number of piperazine rings is 1. The van der Waals surface area contributed by atoms with E-state index in [4.69, 9.17) is 0 Å². The molecular weight excluding hydrogens is 308 g/mol. The number of ketones is 1. The van der Waals surface area contributed by atoms with Gasteiger partial charge in [-0.1, -0.05) is 60.7 Å². The van der Waals surface area contributed by atoms with Crippen LogP contribution in [-0.4, -0.2) is 47.8 Å². The number of carbonyl (C=O) groups excluding carboxylic acids is 1. The third-order valence-electron chi connectivity index (χ3n) is 5.41. The van der Waals surface area contributed by atoms with Crippen molar-refractivity contribution in [1.82, 2.24) is 9.80 Å². The van der Waals surface area contributed by atoms with Gasteiger partial charge >= 0.3 is 0 Å². The van der Waals surface area contributed by atoms with Crippen LogP contribution in [0.4, 0.5) is 0 Å². The fourth-order valence-corrected chi connectivity index (χ4v) is 4.09. The summed E-state index contributed by atoms with van der Waals surface area (Å²) in [6, 6.07) is 21.0. The molecule has 1 saturated heterocycles. The Morgan fingerprint density at radius 3 is 1.64 bits per heavy atom. The summed E-state index contributed by atoms with van der Waals surface area (Å²) in [6.45, 7) is 9.97. The van der Waals surface area contributed by atoms with Crippen LogP contribution in [-0.2, 0) is 10.3 Å². The molecule has 0 bridgehead atoms. The van der Waals surface area contributed by atoms with Crippen LogP contribution in [0, 0.1) is 0 Å². The second kappa shape index (κ2) is 7.51. The molecule has 25 heavy (non-hydrogen) atoms. The van der Waals surface area contributed by atoms with E-state index >= 15 is 0 Å². The standard InChI is InChI=1S/C22H28N2O/c1-18(2)23-14-16-24(17-15-23)22(19(3)25,20-10-6-4-7-11-20)21-12-8-5-9-13-21/h4-13,18H,14-17H2,1-3H3. The predicted octanol–water partition coefficient (Wildman–Crippen LogP) is 3.55. The molecule has 0 saturated carbocycles. The molecule has 0 radical (unpaired) electrons. The van der Waals surface area contributed by atoms with Crippen LogP contribution >= 0.6 is 0 Å². The molecule has 2 aromatic rings. The number of hydrogen-bond acceptors (Lipinski definition) is 3. The lowest BCUT2D eigenvalue weighted by atomic mass is 9.77. The van der Waals surface area contributed by atoms with Crippen molar-refractivity contribution in [2.75, 3.05) is 26.2 Å². The van der Waals surface area contributed by atoms with Gasteiger partial charge in [-0.15, -0.1) is 0 Å². The van der Waals surface area contributed by atoms with Gasteiger partial charge in [0, 0.05) is 32.2 Å². The minimum absolute atomic E-state index is 0.183. The Balaban J connectivity index is 2.08. The zero-order valence-electron chi connectivity index (χ0n) is 15.5. The Hall–Kier alpha value is -1.97. The highest BCUT2D eigenvalue weighted by Gasteiger charge is 2.45. The molecule has 1 aliphatic heterocycles. The molecule has 1 aliphatic rings. The van der Waals surface area contributed by atoms with Gasteiger partial charge in [0.2, 0.25) is 0 Å². The van der Waals surface area contributed by atoms with Crippen LogP contribution in [0.1, 0.15) is 31.9 Å². The molecule has 3 nitrogen and oxygen atoms in total. The van der Waals surface area contributed by atoms with E-state index in [1.54, 1.807) is 6.92 Å². The molecule has 132 valence electrons. The quantitative estimate of drug-likeness (QED) is 0.834. The smallest absolute Gasteiger partial charge is 0.159 e. The van der Waals surface area contributed by atoms with Gasteiger partial charge < -0.3 is 0 Å². The van der Waals surface area contributed by atoms with E-state index in [2.05, 4.69) is 47.9 Å². The normalized spacial score (nSPS) is 17.0. The summed E-state index contributed by atoms with van der Waals surface area (Å²) < 4.78 is 0. The van der Waals surface area contributed by atoms with Crippen molar-refractivity contribution in [2.24, 2.45) is 0 Å². The van der Waals surface area contributed by atoms with E-state index in [0.717, 1.165) is 37.3 Å². The number of nitrogens with zero attached hydrogens (tertiary/aromatic N) is 2. The van der Waals surface area contributed by atoms with Crippen molar-refractivity contribution in [3.8, 4) is 0 Å². The molecule has 2 aromatic carbocycles. The minimum atomic E-state index is -0.703. The Morgan fingerprint density at radius 2 is 1.28 bits per heavy atom. The first-order valence-electron chi connectivity index (χ1n) is 9.18. The number of carbonyl (C=O) groups is 1. The largest absolute Gasteiger partial charge is 0.298 e. The first kappa shape index (κ1) is 17.8. The highest BCUT2D eigenvalue weighted by Crippen LogP contribution is 2.37. The molecule has 0 amide bonds. The third kappa shape index (κ3) is 3.26. The predicted molar refractivity (Wildman–Crippen MR) is 103 cm³/mol. The Labute approximate surface area is 151 Å². The Morgan fingerprint density at radius 1 is 0.840 bits per heavy atom. The van der Waals surface area contributed by atoms with Gasteiger partial charge in [0.1, 0.15) is 5.54 Å². The van der Waals surface area contributed by atoms with E-state index in [0.29, 0.717) is 6.04 Å². The number of rotatable bonds is 5. The van der Waals surface area contributed by atoms with Crippen molar-refractivity contribution >= 4 is 5.78 Å². The average molecular weight is 336 g/mol. The van der Waals surface area contributed by atoms with E-state index in [9.17, 15) is 4.79 Å². The van der Waals surface area contributed by atoms with Crippen LogP contribution in [0.25, 0.3) is 0 Å². The number of benzene rings is 2. The van der Waals surface area contributed by atoms with Crippen molar-refractivity contribution < 1.29 is 4.79 Å². The lowest BCUT2D eigenvalue weighted by molar-refractivity contribution is -0.128. The summed E-state index contributed by atoms with van der Waals surface area (Å²) in [6.07, 6.45) is 0. The minimum Gasteiger partial charge on any atom is -0.298 e. The van der Waals surface area contributed by atoms with Crippen molar-refractivity contribution in [2.45, 2.75) is 32.4 Å². The summed E-state index contributed by atoms with van der Waals surface area (Å²) >= 11 is 0. The maximum absolute atomic E-state index is 13.1. The van der Waals surface area contributed by atoms with E-state index < -0.39 is 5.54 Å². The molecule has 0 aromatic heterocycles. The zero-order chi connectivity index (χ0) is 17.9. The first-order valence-corrected chi connectivity index (χ1v) is 9.18. The summed E-state index contributed by atoms with van der Waals surface area (Å²) in [5.74, 6) is 0.183. The van der Waals surface area contributed by atoms with Crippen molar-refractivity contribution in [1.29, 1.82) is 0 Å². The van der Waals surface area contributed by atoms with Gasteiger partial charge in [-0.05, 0) is 31.9 Å². The maximum atomic E-state index is 13.1. The monoisotopic (exact) mass is 336 g/mol. The van der Waals surface area contributed by atoms with Crippen LogP contribution in [0.5, 0.6) is 0 Å². The van der Waals surface area contributed by atoms with Gasteiger partial charge in [0.25, 0.3) is 0 Å². The zero-order valence-corrected chi connectivity index (χ0v) is 15.5. The van der Waals surface area contributed by atoms with Gasteiger partial charge in [-0.25, -0.2) is 0 Å². The van der Waals surface area contributed by atoms with E-state index in [-0.39, 0.29) is 5.78 Å². The van der Waals surface area contributed by atoms with Gasteiger partial charge in [0.05, 0.1) is 0 Å². The fraction of sp³-hybridized carbons (Fsp3) is 0.409. The van der Waals surface area contributed by atoms with E-state index in [1.807, 2.05) is 36.4 Å². The average Bonchev–Trinajstić information content (AvgIpc) is 2.64. The summed E-state index contributed by atoms with van der Waals surface area (Å²) in [5, 5.41) is 0. The Kier molecular flexibility index (Phi) is 5.36. The second-order valence-electron chi connectivity index (χ2n) is 7.12. The first-order chi connectivity index (χ1) is 12.1. The highest BCUT2D eigenvalue weighted by atomic mass is 16.1. The lowest BCUT2D eigenvalue weighted by Crippen LogP contribution is -2.59. The summed E-state index contributed by atoms with van der Waals surface area (Å²) in [5.41, 5.74) is 1.42. The molecule has 0 spiro atoms. The SMILES string of the molecule is CC(=O)C(c1ccccc1)(c1ccccc1)N1CCN(C(C)C)CC1. The number of Topliss-reactive ketones (excluding diaryl/α,β-unsaturated/α-hetero) is 1. The van der Waals surface area contributed by atoms with Crippen LogP contribution in [0.2, 0.25) is 0 Å². The topological polar surface area (TPSA) is 23.6 Å². The molecule has 1 heterocycles. The molecule has 3 rings (SSSR count). The molecule has 0 aliphatic carbocycles. The molecule has 0 unspecified atom stereocenters. The molecule has 0 atom stereocenters. The number of hydrogen-bond donors (Lipinski definition) is 0. The van der Waals surface area contributed by atoms with Crippen LogP contribution in [0.3, 0.4) is 0 Å². The highest BCUT2D eigenvalue weighted by molar-refractivity contribution is 5.91. The fourth-order valence-electron chi connectivity index (χ4n) is 4.09. The molecule has 0 N–H and O–H groups in total. The van der Waals surface area contributed by atoms with Gasteiger partial charge in [-0.3, -0.25) is 14.6 Å². The lowest BCUT2D eigenvalue weighted by Gasteiger charge is -2.47. The molecule has 1 fully saturated rings. The van der Waals surface area contributed by atoms with Crippen molar-refractivity contribution in [3.05, 3.63) is 71.8 Å². The maximum Gasteiger partial charge on any atom is 0.159 e. The van der Waals surface area contributed by atoms with Crippen LogP contribution < -0.4 is 0 Å². The van der Waals surface area contributed by atoms with Gasteiger partial charge in [-0.2, -0.15) is 0 Å². The van der Waals surface area contributed by atoms with E-state index in [1.165, 1.54) is 0 Å².